The normalized spacial score (nSPS) is 16.2. The Labute approximate surface area is 194 Å². The summed E-state index contributed by atoms with van der Waals surface area (Å²) in [5, 5.41) is 49.1. The molecule has 0 bridgehead atoms. The fourth-order valence-corrected chi connectivity index (χ4v) is 3.82. The number of primary amides is 1. The van der Waals surface area contributed by atoms with E-state index in [9.17, 15) is 25.2 Å². The molecule has 0 spiro atoms. The Morgan fingerprint density at radius 1 is 0.848 bits per heavy atom. The summed E-state index contributed by atoms with van der Waals surface area (Å²) in [6, 6.07) is 19.3. The smallest absolute Gasteiger partial charge is 0.220 e. The van der Waals surface area contributed by atoms with Gasteiger partial charge in [0.25, 0.3) is 0 Å². The summed E-state index contributed by atoms with van der Waals surface area (Å²) in [5.41, 5.74) is 7.67. The van der Waals surface area contributed by atoms with E-state index >= 15 is 0 Å². The maximum absolute atomic E-state index is 12.0. The second-order valence-corrected chi connectivity index (χ2v) is 8.45. The van der Waals surface area contributed by atoms with E-state index in [-0.39, 0.29) is 18.4 Å². The standard InChI is InChI=1S/C25H36N2O6/c26-25(33)20(14-18-8-3-1-4-9-18)12-7-13-27(15-19-10-5-2-6-11-19)16-21(29)23(31)24(32)22(30)17-28/h1-6,8-11,20-24,28-32H,7,12-17H2,(H2,26,33). The van der Waals surface area contributed by atoms with Crippen LogP contribution in [0, 0.1) is 5.92 Å². The number of amides is 1. The van der Waals surface area contributed by atoms with Gasteiger partial charge in [0.2, 0.25) is 5.91 Å². The van der Waals surface area contributed by atoms with Crippen molar-refractivity contribution in [3.8, 4) is 0 Å². The van der Waals surface area contributed by atoms with Crippen molar-refractivity contribution in [2.45, 2.75) is 50.2 Å². The number of nitrogens with zero attached hydrogens (tertiary/aromatic N) is 1. The van der Waals surface area contributed by atoms with Gasteiger partial charge in [0.1, 0.15) is 18.3 Å². The lowest BCUT2D eigenvalue weighted by Crippen LogP contribution is -2.49. The van der Waals surface area contributed by atoms with Crippen molar-refractivity contribution in [2.75, 3.05) is 19.7 Å². The molecule has 0 saturated carbocycles. The van der Waals surface area contributed by atoms with Gasteiger partial charge in [0, 0.05) is 19.0 Å². The third-order valence-corrected chi connectivity index (χ3v) is 5.77. The number of aliphatic hydroxyl groups excluding tert-OH is 5. The zero-order valence-electron chi connectivity index (χ0n) is 18.8. The van der Waals surface area contributed by atoms with E-state index in [1.807, 2.05) is 65.6 Å². The van der Waals surface area contributed by atoms with Crippen LogP contribution in [0.1, 0.15) is 24.0 Å². The predicted molar refractivity (Wildman–Crippen MR) is 125 cm³/mol. The Balaban J connectivity index is 2.00. The summed E-state index contributed by atoms with van der Waals surface area (Å²) in [6.45, 7) is 0.318. The van der Waals surface area contributed by atoms with E-state index in [0.717, 1.165) is 11.1 Å². The van der Waals surface area contributed by atoms with Crippen molar-refractivity contribution in [1.82, 2.24) is 4.90 Å². The van der Waals surface area contributed by atoms with E-state index in [4.69, 9.17) is 10.8 Å². The molecule has 1 amide bonds. The van der Waals surface area contributed by atoms with Crippen LogP contribution in [-0.2, 0) is 17.8 Å². The SMILES string of the molecule is NC(=O)C(CCCN(Cc1ccccc1)CC(O)C(O)C(O)C(O)CO)Cc1ccccc1. The van der Waals surface area contributed by atoms with Crippen LogP contribution in [0.5, 0.6) is 0 Å². The molecule has 0 saturated heterocycles. The Kier molecular flexibility index (Phi) is 11.5. The van der Waals surface area contributed by atoms with Crippen LogP contribution in [0.15, 0.2) is 60.7 Å². The van der Waals surface area contributed by atoms with Crippen LogP contribution in [0.2, 0.25) is 0 Å². The topological polar surface area (TPSA) is 147 Å². The Morgan fingerprint density at radius 3 is 1.94 bits per heavy atom. The van der Waals surface area contributed by atoms with Crippen LogP contribution in [0.4, 0.5) is 0 Å². The van der Waals surface area contributed by atoms with Crippen molar-refractivity contribution in [2.24, 2.45) is 11.7 Å². The van der Waals surface area contributed by atoms with Crippen LogP contribution >= 0.6 is 0 Å². The van der Waals surface area contributed by atoms with Crippen molar-refractivity contribution in [3.63, 3.8) is 0 Å². The van der Waals surface area contributed by atoms with E-state index in [2.05, 4.69) is 0 Å². The summed E-state index contributed by atoms with van der Waals surface area (Å²) in [7, 11) is 0. The van der Waals surface area contributed by atoms with Gasteiger partial charge >= 0.3 is 0 Å². The zero-order chi connectivity index (χ0) is 24.2. The molecule has 0 fully saturated rings. The molecule has 8 nitrogen and oxygen atoms in total. The minimum absolute atomic E-state index is 0.0329. The maximum atomic E-state index is 12.0. The lowest BCUT2D eigenvalue weighted by molar-refractivity contribution is -0.122. The van der Waals surface area contributed by atoms with Crippen molar-refractivity contribution in [1.29, 1.82) is 0 Å². The third-order valence-electron chi connectivity index (χ3n) is 5.77. The van der Waals surface area contributed by atoms with Gasteiger partial charge in [-0.25, -0.2) is 0 Å². The second-order valence-electron chi connectivity index (χ2n) is 8.45. The number of carbonyl (C=O) groups excluding carboxylic acids is 1. The number of nitrogens with two attached hydrogens (primary N) is 1. The summed E-state index contributed by atoms with van der Waals surface area (Å²) in [5.74, 6) is -0.673. The van der Waals surface area contributed by atoms with Gasteiger partial charge in [0.15, 0.2) is 0 Å². The molecule has 0 radical (unpaired) electrons. The molecule has 0 aromatic heterocycles. The molecule has 5 unspecified atom stereocenters. The van der Waals surface area contributed by atoms with Gasteiger partial charge in [-0.1, -0.05) is 60.7 Å². The van der Waals surface area contributed by atoms with Crippen LogP contribution in [0.25, 0.3) is 0 Å². The highest BCUT2D eigenvalue weighted by Crippen LogP contribution is 2.16. The number of hydrogen-bond acceptors (Lipinski definition) is 7. The molecule has 5 atom stereocenters. The molecule has 7 N–H and O–H groups in total. The first-order valence-electron chi connectivity index (χ1n) is 11.2. The molecule has 2 rings (SSSR count). The summed E-state index contributed by atoms with van der Waals surface area (Å²) < 4.78 is 0. The van der Waals surface area contributed by atoms with Crippen molar-refractivity contribution < 1.29 is 30.3 Å². The van der Waals surface area contributed by atoms with Crippen molar-refractivity contribution in [3.05, 3.63) is 71.8 Å². The number of benzene rings is 2. The van der Waals surface area contributed by atoms with E-state index in [1.165, 1.54) is 0 Å². The van der Waals surface area contributed by atoms with Gasteiger partial charge < -0.3 is 31.3 Å². The predicted octanol–water partition coefficient (Wildman–Crippen LogP) is 0.0489. The molecular weight excluding hydrogens is 424 g/mol. The highest BCUT2D eigenvalue weighted by Gasteiger charge is 2.31. The monoisotopic (exact) mass is 460 g/mol. The first kappa shape index (κ1) is 26.9. The lowest BCUT2D eigenvalue weighted by Gasteiger charge is -2.30. The molecule has 0 aliphatic rings. The summed E-state index contributed by atoms with van der Waals surface area (Å²) in [6.07, 6.45) is -4.43. The molecule has 8 heteroatoms. The molecule has 0 aliphatic heterocycles. The fraction of sp³-hybridized carbons (Fsp3) is 0.480. The van der Waals surface area contributed by atoms with E-state index in [0.29, 0.717) is 32.4 Å². The van der Waals surface area contributed by atoms with E-state index in [1.54, 1.807) is 0 Å². The van der Waals surface area contributed by atoms with Crippen LogP contribution in [-0.4, -0.2) is 80.5 Å². The molecule has 0 aliphatic carbocycles. The van der Waals surface area contributed by atoms with Crippen molar-refractivity contribution >= 4 is 5.91 Å². The van der Waals surface area contributed by atoms with Crippen LogP contribution in [0.3, 0.4) is 0 Å². The molecule has 33 heavy (non-hydrogen) atoms. The third kappa shape index (κ3) is 9.21. The molecule has 2 aromatic carbocycles. The lowest BCUT2D eigenvalue weighted by atomic mass is 9.94. The fourth-order valence-electron chi connectivity index (χ4n) is 3.82. The van der Waals surface area contributed by atoms with Gasteiger partial charge in [-0.05, 0) is 36.9 Å². The Bertz CT molecular complexity index is 807. The summed E-state index contributed by atoms with van der Waals surface area (Å²) >= 11 is 0. The summed E-state index contributed by atoms with van der Waals surface area (Å²) in [4.78, 5) is 13.9. The number of aliphatic hydroxyl groups is 5. The number of hydrogen-bond donors (Lipinski definition) is 6. The quantitative estimate of drug-likeness (QED) is 0.220. The van der Waals surface area contributed by atoms with E-state index < -0.39 is 31.0 Å². The van der Waals surface area contributed by atoms with Crippen LogP contribution < -0.4 is 5.73 Å². The molecule has 0 heterocycles. The molecule has 2 aromatic rings. The van der Waals surface area contributed by atoms with Gasteiger partial charge in [-0.2, -0.15) is 0 Å². The van der Waals surface area contributed by atoms with Gasteiger partial charge in [-0.15, -0.1) is 0 Å². The first-order valence-corrected chi connectivity index (χ1v) is 11.2. The van der Waals surface area contributed by atoms with Gasteiger partial charge in [0.05, 0.1) is 12.7 Å². The maximum Gasteiger partial charge on any atom is 0.220 e. The highest BCUT2D eigenvalue weighted by atomic mass is 16.4. The Morgan fingerprint density at radius 2 is 1.39 bits per heavy atom. The highest BCUT2D eigenvalue weighted by molar-refractivity contribution is 5.76. The first-order chi connectivity index (χ1) is 15.8. The average Bonchev–Trinajstić information content (AvgIpc) is 2.82. The largest absolute Gasteiger partial charge is 0.394 e. The minimum Gasteiger partial charge on any atom is -0.394 e. The molecular formula is C25H36N2O6. The Hall–Kier alpha value is -2.33. The van der Waals surface area contributed by atoms with Gasteiger partial charge in [-0.3, -0.25) is 9.69 Å². The number of rotatable bonds is 15. The molecule has 182 valence electrons. The second kappa shape index (κ2) is 14.0. The number of carbonyl (C=O) groups is 1. The average molecular weight is 461 g/mol. The minimum atomic E-state index is -1.67. The zero-order valence-corrected chi connectivity index (χ0v) is 18.8.